The fourth-order valence-electron chi connectivity index (χ4n) is 3.23. The van der Waals surface area contributed by atoms with Gasteiger partial charge in [0.15, 0.2) is 0 Å². The summed E-state index contributed by atoms with van der Waals surface area (Å²) < 4.78 is 65.3. The molecule has 0 saturated carbocycles. The molecule has 29 heavy (non-hydrogen) atoms. The Morgan fingerprint density at radius 2 is 1.38 bits per heavy atom. The van der Waals surface area contributed by atoms with E-state index in [1.165, 1.54) is 17.2 Å². The van der Waals surface area contributed by atoms with Gasteiger partial charge in [-0.15, -0.1) is 0 Å². The molecule has 0 unspecified atom stereocenters. The number of aryl methyl sites for hydroxylation is 3. The first-order valence-electron chi connectivity index (χ1n) is 9.35. The maximum absolute atomic E-state index is 14.5. The Morgan fingerprint density at radius 3 is 2.00 bits per heavy atom. The summed E-state index contributed by atoms with van der Waals surface area (Å²) in [6, 6.07) is 14.2. The zero-order valence-corrected chi connectivity index (χ0v) is 15.8. The first kappa shape index (κ1) is 20.9. The van der Waals surface area contributed by atoms with Crippen LogP contribution in [0.5, 0.6) is 0 Å². The topological polar surface area (TPSA) is 0 Å². The molecule has 0 radical (unpaired) electrons. The monoisotopic (exact) mass is 402 g/mol. The number of alkyl halides is 3. The van der Waals surface area contributed by atoms with E-state index in [2.05, 4.69) is 31.2 Å². The summed E-state index contributed by atoms with van der Waals surface area (Å²) in [5, 5.41) is 0.346. The average molecular weight is 402 g/mol. The van der Waals surface area contributed by atoms with E-state index in [0.29, 0.717) is 11.8 Å². The zero-order valence-electron chi connectivity index (χ0n) is 15.8. The molecule has 0 spiro atoms. The van der Waals surface area contributed by atoms with E-state index < -0.39 is 23.4 Å². The molecule has 0 fully saturated rings. The summed E-state index contributed by atoms with van der Waals surface area (Å²) in [4.78, 5) is 0. The van der Waals surface area contributed by atoms with Crippen LogP contribution in [0.2, 0.25) is 0 Å². The molecule has 0 amide bonds. The highest BCUT2D eigenvalue weighted by Gasteiger charge is 2.24. The first-order chi connectivity index (χ1) is 13.8. The van der Waals surface area contributed by atoms with Gasteiger partial charge in [0, 0.05) is 11.3 Å². The highest BCUT2D eigenvalue weighted by atomic mass is 19.4. The van der Waals surface area contributed by atoms with Gasteiger partial charge >= 0.3 is 6.18 Å². The van der Waals surface area contributed by atoms with Gasteiger partial charge in [0.05, 0.1) is 5.56 Å². The van der Waals surface area contributed by atoms with Gasteiger partial charge in [0.1, 0.15) is 11.6 Å². The zero-order chi connectivity index (χ0) is 21.0. The predicted octanol–water partition coefficient (Wildman–Crippen LogP) is 6.77. The molecule has 3 aromatic carbocycles. The maximum atomic E-state index is 14.5. The highest BCUT2D eigenvalue weighted by Crippen LogP contribution is 2.26. The van der Waals surface area contributed by atoms with Gasteiger partial charge in [-0.3, -0.25) is 0 Å². The third-order valence-electron chi connectivity index (χ3n) is 4.69. The van der Waals surface area contributed by atoms with Gasteiger partial charge in [0.25, 0.3) is 0 Å². The van der Waals surface area contributed by atoms with Crippen molar-refractivity contribution in [1.82, 2.24) is 0 Å². The van der Waals surface area contributed by atoms with Crippen molar-refractivity contribution >= 4 is 10.8 Å². The minimum atomic E-state index is -4.81. The van der Waals surface area contributed by atoms with Gasteiger partial charge < -0.3 is 0 Å². The largest absolute Gasteiger partial charge is 0.458 e. The molecule has 0 aliphatic rings. The Kier molecular flexibility index (Phi) is 6.22. The number of halogens is 5. The van der Waals surface area contributed by atoms with Gasteiger partial charge in [-0.1, -0.05) is 61.7 Å². The Balaban J connectivity index is 1.82. The van der Waals surface area contributed by atoms with E-state index in [0.717, 1.165) is 36.8 Å². The average Bonchev–Trinajstić information content (AvgIpc) is 2.66. The van der Waals surface area contributed by atoms with Crippen molar-refractivity contribution in [2.24, 2.45) is 0 Å². The van der Waals surface area contributed by atoms with E-state index >= 15 is 0 Å². The normalized spacial score (nSPS) is 11.4. The minimum Gasteiger partial charge on any atom is -0.205 e. The first-order valence-corrected chi connectivity index (χ1v) is 9.35. The number of hydrogen-bond acceptors (Lipinski definition) is 0. The fraction of sp³-hybridized carbons (Fsp3) is 0.250. The van der Waals surface area contributed by atoms with E-state index in [1.54, 1.807) is 18.1 Å². The van der Waals surface area contributed by atoms with Crippen LogP contribution in [0.3, 0.4) is 0 Å². The van der Waals surface area contributed by atoms with Crippen LogP contribution in [0.25, 0.3) is 10.8 Å². The highest BCUT2D eigenvalue weighted by molar-refractivity contribution is 5.85. The van der Waals surface area contributed by atoms with E-state index in [-0.39, 0.29) is 5.39 Å². The van der Waals surface area contributed by atoms with Crippen molar-refractivity contribution in [3.05, 3.63) is 82.4 Å². The second kappa shape index (κ2) is 8.65. The molecular formula is C24H19F5. The van der Waals surface area contributed by atoms with Crippen molar-refractivity contribution in [2.45, 2.75) is 38.8 Å². The van der Waals surface area contributed by atoms with E-state index in [4.69, 9.17) is 0 Å². The van der Waals surface area contributed by atoms with Crippen molar-refractivity contribution in [2.75, 3.05) is 0 Å². The molecule has 0 aromatic heterocycles. The van der Waals surface area contributed by atoms with Crippen LogP contribution in [-0.2, 0) is 19.3 Å². The Hall–Kier alpha value is -2.87. The summed E-state index contributed by atoms with van der Waals surface area (Å²) in [6.07, 6.45) is -1.23. The summed E-state index contributed by atoms with van der Waals surface area (Å²) >= 11 is 0. The van der Waals surface area contributed by atoms with E-state index in [1.807, 2.05) is 0 Å². The maximum Gasteiger partial charge on any atom is 0.458 e. The summed E-state index contributed by atoms with van der Waals surface area (Å²) in [6.45, 7) is 2.13. The SMILES string of the molecule is CCCc1ccc(CCc2ccc3c(F)c(C#CC(F)(F)F)c(F)cc3c2)cc1. The number of benzene rings is 3. The van der Waals surface area contributed by atoms with Crippen LogP contribution in [0.4, 0.5) is 22.0 Å². The van der Waals surface area contributed by atoms with Gasteiger partial charge in [-0.25, -0.2) is 8.78 Å². The van der Waals surface area contributed by atoms with Gasteiger partial charge in [-0.05, 0) is 47.4 Å². The van der Waals surface area contributed by atoms with Crippen LogP contribution < -0.4 is 0 Å². The van der Waals surface area contributed by atoms with Crippen LogP contribution in [0.1, 0.15) is 35.6 Å². The Bertz CT molecular complexity index is 1070. The van der Waals surface area contributed by atoms with Crippen LogP contribution >= 0.6 is 0 Å². The lowest BCUT2D eigenvalue weighted by atomic mass is 9.98. The number of hydrogen-bond donors (Lipinski definition) is 0. The fourth-order valence-corrected chi connectivity index (χ4v) is 3.23. The van der Waals surface area contributed by atoms with Crippen molar-refractivity contribution < 1.29 is 22.0 Å². The second-order valence-corrected chi connectivity index (χ2v) is 6.92. The lowest BCUT2D eigenvalue weighted by molar-refractivity contribution is -0.0696. The molecule has 150 valence electrons. The minimum absolute atomic E-state index is 0.0468. The second-order valence-electron chi connectivity index (χ2n) is 6.92. The molecule has 3 aromatic rings. The molecular weight excluding hydrogens is 383 g/mol. The molecule has 3 rings (SSSR count). The Labute approximate surface area is 166 Å². The molecule has 0 aliphatic carbocycles. The smallest absolute Gasteiger partial charge is 0.205 e. The van der Waals surface area contributed by atoms with Crippen molar-refractivity contribution in [1.29, 1.82) is 0 Å². The van der Waals surface area contributed by atoms with Crippen LogP contribution in [0, 0.1) is 23.5 Å². The number of rotatable bonds is 5. The van der Waals surface area contributed by atoms with Crippen molar-refractivity contribution in [3.63, 3.8) is 0 Å². The summed E-state index contributed by atoms with van der Waals surface area (Å²) in [7, 11) is 0. The molecule has 5 heteroatoms. The van der Waals surface area contributed by atoms with E-state index in [9.17, 15) is 22.0 Å². The summed E-state index contributed by atoms with van der Waals surface area (Å²) in [5.41, 5.74) is 2.48. The third-order valence-corrected chi connectivity index (χ3v) is 4.69. The lowest BCUT2D eigenvalue weighted by Gasteiger charge is -2.08. The van der Waals surface area contributed by atoms with Crippen LogP contribution in [0.15, 0.2) is 48.5 Å². The molecule has 0 aliphatic heterocycles. The Morgan fingerprint density at radius 1 is 0.793 bits per heavy atom. The third kappa shape index (κ3) is 5.35. The lowest BCUT2D eigenvalue weighted by Crippen LogP contribution is -2.02. The molecule has 0 heterocycles. The van der Waals surface area contributed by atoms with Gasteiger partial charge in [0.2, 0.25) is 0 Å². The quantitative estimate of drug-likeness (QED) is 0.326. The van der Waals surface area contributed by atoms with Crippen molar-refractivity contribution in [3.8, 4) is 11.8 Å². The van der Waals surface area contributed by atoms with Crippen LogP contribution in [-0.4, -0.2) is 6.18 Å². The predicted molar refractivity (Wildman–Crippen MR) is 105 cm³/mol. The molecule has 0 atom stereocenters. The van der Waals surface area contributed by atoms with Gasteiger partial charge in [-0.2, -0.15) is 13.2 Å². The molecule has 0 saturated heterocycles. The number of fused-ring (bicyclic) bond motifs is 1. The molecule has 0 N–H and O–H groups in total. The molecule has 0 bridgehead atoms. The standard InChI is InChI=1S/C24H19F5/c1-2-3-16-4-6-17(7-5-16)8-9-18-10-11-20-19(14-18)15-22(25)21(23(20)26)12-13-24(27,28)29/h4-7,10-11,14-15H,2-3,8-9H2,1H3. The summed E-state index contributed by atoms with van der Waals surface area (Å²) in [5.74, 6) is 0.303. The molecule has 0 nitrogen and oxygen atoms in total.